The highest BCUT2D eigenvalue weighted by atomic mass is 16.3. The van der Waals surface area contributed by atoms with E-state index in [9.17, 15) is 15.0 Å². The van der Waals surface area contributed by atoms with E-state index in [0.717, 1.165) is 57.8 Å². The molecule has 0 fully saturated rings. The number of nitrogens with one attached hydrogen (secondary N) is 1. The Kier molecular flexibility index (Phi) is 60.2. The molecule has 3 N–H and O–H groups in total. The highest BCUT2D eigenvalue weighted by Gasteiger charge is 2.18. The fourth-order valence-electron chi connectivity index (χ4n) is 9.68. The molecule has 0 aromatic heterocycles. The summed E-state index contributed by atoms with van der Waals surface area (Å²) < 4.78 is 0. The number of aliphatic hydroxyl groups excluding tert-OH is 2. The van der Waals surface area contributed by atoms with E-state index in [1.165, 1.54) is 250 Å². The third-order valence-corrected chi connectivity index (χ3v) is 14.4. The van der Waals surface area contributed by atoms with Crippen molar-refractivity contribution in [2.75, 3.05) is 6.61 Å². The quantitative estimate of drug-likeness (QED) is 0.0420. The molecule has 0 aliphatic heterocycles. The lowest BCUT2D eigenvalue weighted by Gasteiger charge is -2.20. The summed E-state index contributed by atoms with van der Waals surface area (Å²) in [6.45, 7) is 4.23. The summed E-state index contributed by atoms with van der Waals surface area (Å²) in [7, 11) is 0. The maximum Gasteiger partial charge on any atom is 0.220 e. The molecular weight excluding hydrogens is 867 g/mol. The normalized spacial score (nSPS) is 13.2. The van der Waals surface area contributed by atoms with Crippen LogP contribution in [-0.4, -0.2) is 34.9 Å². The number of carbonyl (C=O) groups excluding carboxylic acids is 1. The second kappa shape index (κ2) is 62.1. The van der Waals surface area contributed by atoms with Crippen molar-refractivity contribution in [2.24, 2.45) is 0 Å². The molecule has 0 aliphatic carbocycles. The minimum absolute atomic E-state index is 0.0635. The third-order valence-electron chi connectivity index (χ3n) is 14.4. The lowest BCUT2D eigenvalue weighted by molar-refractivity contribution is -0.123. The third kappa shape index (κ3) is 58.6. The number of rotatable bonds is 58. The molecule has 0 saturated heterocycles. The van der Waals surface area contributed by atoms with Crippen molar-refractivity contribution in [1.82, 2.24) is 5.32 Å². The van der Waals surface area contributed by atoms with Gasteiger partial charge in [0.25, 0.3) is 0 Å². The van der Waals surface area contributed by atoms with Gasteiger partial charge in [0, 0.05) is 6.42 Å². The Bertz CT molecular complexity index is 1210. The van der Waals surface area contributed by atoms with Crippen LogP contribution >= 0.6 is 0 Å². The fraction of sp³-hybridized carbons (Fsp3) is 0.806. The lowest BCUT2D eigenvalue weighted by Crippen LogP contribution is -2.45. The molecule has 0 heterocycles. The van der Waals surface area contributed by atoms with Crippen LogP contribution in [0.4, 0.5) is 0 Å². The van der Waals surface area contributed by atoms with Crippen molar-refractivity contribution in [2.45, 2.75) is 341 Å². The average molecular weight is 991 g/mol. The molecule has 71 heavy (non-hydrogen) atoms. The largest absolute Gasteiger partial charge is 0.394 e. The first kappa shape index (κ1) is 68.8. The molecule has 4 heteroatoms. The second-order valence-electron chi connectivity index (χ2n) is 21.5. The van der Waals surface area contributed by atoms with E-state index in [-0.39, 0.29) is 12.5 Å². The van der Waals surface area contributed by atoms with Crippen LogP contribution in [0.1, 0.15) is 328 Å². The molecular formula is C67H123NO3. The molecule has 0 rings (SSSR count). The topological polar surface area (TPSA) is 69.6 Å². The summed E-state index contributed by atoms with van der Waals surface area (Å²) in [6.07, 6.45) is 89.5. The molecule has 0 bridgehead atoms. The summed E-state index contributed by atoms with van der Waals surface area (Å²) in [5.41, 5.74) is 0. The van der Waals surface area contributed by atoms with Gasteiger partial charge in [-0.25, -0.2) is 0 Å². The molecule has 2 atom stereocenters. The molecule has 0 spiro atoms. The zero-order valence-electron chi connectivity index (χ0n) is 47.7. The van der Waals surface area contributed by atoms with E-state index in [1.54, 1.807) is 6.08 Å². The first-order valence-electron chi connectivity index (χ1n) is 31.7. The van der Waals surface area contributed by atoms with Crippen molar-refractivity contribution in [1.29, 1.82) is 0 Å². The van der Waals surface area contributed by atoms with E-state index in [2.05, 4.69) is 79.9 Å². The maximum absolute atomic E-state index is 12.5. The Labute approximate surface area is 444 Å². The van der Waals surface area contributed by atoms with Crippen LogP contribution in [0.2, 0.25) is 0 Å². The first-order chi connectivity index (χ1) is 35.2. The molecule has 0 aliphatic rings. The zero-order chi connectivity index (χ0) is 51.3. The molecule has 0 radical (unpaired) electrons. The number of aliphatic hydroxyl groups is 2. The van der Waals surface area contributed by atoms with Crippen LogP contribution in [0.3, 0.4) is 0 Å². The predicted molar refractivity (Wildman–Crippen MR) is 317 cm³/mol. The van der Waals surface area contributed by atoms with Gasteiger partial charge in [-0.15, -0.1) is 0 Å². The van der Waals surface area contributed by atoms with Crippen LogP contribution in [0.5, 0.6) is 0 Å². The summed E-state index contributed by atoms with van der Waals surface area (Å²) >= 11 is 0. The molecule has 1 amide bonds. The number of amides is 1. The van der Waals surface area contributed by atoms with Crippen LogP contribution in [0, 0.1) is 0 Å². The highest BCUT2D eigenvalue weighted by Crippen LogP contribution is 2.18. The van der Waals surface area contributed by atoms with Gasteiger partial charge in [-0.3, -0.25) is 4.79 Å². The van der Waals surface area contributed by atoms with Gasteiger partial charge in [0.2, 0.25) is 5.91 Å². The Morgan fingerprint density at radius 3 is 0.930 bits per heavy atom. The second-order valence-corrected chi connectivity index (χ2v) is 21.5. The Morgan fingerprint density at radius 1 is 0.352 bits per heavy atom. The lowest BCUT2D eigenvalue weighted by atomic mass is 10.0. The van der Waals surface area contributed by atoms with Gasteiger partial charge in [-0.2, -0.15) is 0 Å². The monoisotopic (exact) mass is 990 g/mol. The smallest absolute Gasteiger partial charge is 0.220 e. The van der Waals surface area contributed by atoms with Crippen LogP contribution in [-0.2, 0) is 4.79 Å². The molecule has 0 saturated carbocycles. The fourth-order valence-corrected chi connectivity index (χ4v) is 9.68. The first-order valence-corrected chi connectivity index (χ1v) is 31.7. The predicted octanol–water partition coefficient (Wildman–Crippen LogP) is 21.3. The van der Waals surface area contributed by atoms with E-state index in [4.69, 9.17) is 0 Å². The number of hydrogen-bond donors (Lipinski definition) is 3. The summed E-state index contributed by atoms with van der Waals surface area (Å²) in [5, 5.41) is 23.3. The van der Waals surface area contributed by atoms with Crippen molar-refractivity contribution >= 4 is 5.91 Å². The van der Waals surface area contributed by atoms with E-state index in [1.807, 2.05) is 6.08 Å². The Morgan fingerprint density at radius 2 is 0.620 bits per heavy atom. The van der Waals surface area contributed by atoms with E-state index in [0.29, 0.717) is 6.42 Å². The summed E-state index contributed by atoms with van der Waals surface area (Å²) in [4.78, 5) is 12.5. The van der Waals surface area contributed by atoms with Gasteiger partial charge < -0.3 is 15.5 Å². The highest BCUT2D eigenvalue weighted by molar-refractivity contribution is 5.76. The molecule has 0 aromatic rings. The molecule has 0 aromatic carbocycles. The zero-order valence-corrected chi connectivity index (χ0v) is 47.7. The Hall–Kier alpha value is -2.17. The number of unbranched alkanes of at least 4 members (excludes halogenated alkanes) is 41. The average Bonchev–Trinajstić information content (AvgIpc) is 3.37. The van der Waals surface area contributed by atoms with Gasteiger partial charge >= 0.3 is 0 Å². The standard InChI is InChI=1S/C67H123NO3/c1-3-5-7-9-11-13-15-17-19-21-23-25-27-29-31-33-35-36-38-40-42-44-46-48-50-52-54-56-58-60-62-66(70)65(64-69)68-67(71)63-61-59-57-55-53-51-49-47-45-43-41-39-37-34-32-30-28-26-24-22-20-18-16-14-12-10-8-6-4-2/h6,8,12,14,18,20,24,26,30,32,60,62,65-66,69-70H,3-5,7,9-11,13,15-17,19,21-23,25,27-29,31,33-59,61,63-64H2,1-2H3,(H,68,71)/b8-6-,14-12-,20-18-,26-24-,32-30-,62-60+. The number of carbonyl (C=O) groups is 1. The van der Waals surface area contributed by atoms with Crippen molar-refractivity contribution in [3.63, 3.8) is 0 Å². The molecule has 2 unspecified atom stereocenters. The number of allylic oxidation sites excluding steroid dienone is 11. The van der Waals surface area contributed by atoms with Gasteiger partial charge in [-0.1, -0.05) is 331 Å². The molecule has 4 nitrogen and oxygen atoms in total. The van der Waals surface area contributed by atoms with Gasteiger partial charge in [0.15, 0.2) is 0 Å². The van der Waals surface area contributed by atoms with Gasteiger partial charge in [0.05, 0.1) is 18.8 Å². The molecule has 414 valence electrons. The van der Waals surface area contributed by atoms with Gasteiger partial charge in [-0.05, 0) is 64.2 Å². The maximum atomic E-state index is 12.5. The van der Waals surface area contributed by atoms with Gasteiger partial charge in [0.1, 0.15) is 0 Å². The Balaban J connectivity index is 3.48. The minimum atomic E-state index is -0.844. The van der Waals surface area contributed by atoms with Crippen molar-refractivity contribution < 1.29 is 15.0 Å². The van der Waals surface area contributed by atoms with Crippen molar-refractivity contribution in [3.05, 3.63) is 72.9 Å². The van der Waals surface area contributed by atoms with Crippen LogP contribution in [0.15, 0.2) is 72.9 Å². The van der Waals surface area contributed by atoms with Crippen molar-refractivity contribution in [3.8, 4) is 0 Å². The van der Waals surface area contributed by atoms with Crippen LogP contribution in [0.25, 0.3) is 0 Å². The summed E-state index contributed by atoms with van der Waals surface area (Å²) in [6, 6.07) is -0.628. The van der Waals surface area contributed by atoms with E-state index >= 15 is 0 Å². The summed E-state index contributed by atoms with van der Waals surface area (Å²) in [5.74, 6) is -0.0635. The minimum Gasteiger partial charge on any atom is -0.394 e. The SMILES string of the molecule is CC/C=C\C/C=C\C/C=C\C/C=C\C/C=C\CCCCCCCCCCCCCCCC(=O)NC(CO)C(O)/C=C/CCCCCCCCCCCCCCCCCCCCCCCCCCCCCC. The van der Waals surface area contributed by atoms with E-state index < -0.39 is 12.1 Å². The number of hydrogen-bond acceptors (Lipinski definition) is 3. The van der Waals surface area contributed by atoms with Crippen LogP contribution < -0.4 is 5.32 Å².